The second-order valence-electron chi connectivity index (χ2n) is 5.45. The van der Waals surface area contributed by atoms with E-state index in [4.69, 9.17) is 0 Å². The van der Waals surface area contributed by atoms with E-state index in [2.05, 4.69) is 19.7 Å². The number of carbonyl (C=O) groups is 1. The van der Waals surface area contributed by atoms with Crippen LogP contribution in [0, 0.1) is 0 Å². The van der Waals surface area contributed by atoms with Crippen molar-refractivity contribution in [2.45, 2.75) is 51.1 Å². The minimum Gasteiger partial charge on any atom is -0.545 e. The Morgan fingerprint density at radius 2 is 1.89 bits per heavy atom. The highest BCUT2D eigenvalue weighted by atomic mass is 16.4. The van der Waals surface area contributed by atoms with Gasteiger partial charge in [0.05, 0.1) is 31.6 Å². The van der Waals surface area contributed by atoms with Crippen LogP contribution in [0.25, 0.3) is 0 Å². The van der Waals surface area contributed by atoms with Gasteiger partial charge in [0.1, 0.15) is 0 Å². The molecule has 0 aliphatic carbocycles. The van der Waals surface area contributed by atoms with Crippen LogP contribution in [-0.4, -0.2) is 36.1 Å². The van der Waals surface area contributed by atoms with Crippen LogP contribution in [0.4, 0.5) is 0 Å². The van der Waals surface area contributed by atoms with Gasteiger partial charge in [-0.1, -0.05) is 12.7 Å². The summed E-state index contributed by atoms with van der Waals surface area (Å²) in [5, 5.41) is 9.40. The third-order valence-corrected chi connectivity index (χ3v) is 4.40. The zero-order chi connectivity index (χ0) is 13.6. The van der Waals surface area contributed by atoms with Crippen LogP contribution in [0.15, 0.2) is 24.8 Å². The van der Waals surface area contributed by atoms with Crippen molar-refractivity contribution >= 4 is 5.97 Å². The van der Waals surface area contributed by atoms with Crippen molar-refractivity contribution in [2.75, 3.05) is 13.6 Å². The van der Waals surface area contributed by atoms with Crippen LogP contribution in [0.1, 0.15) is 39.0 Å². The van der Waals surface area contributed by atoms with Crippen molar-refractivity contribution in [1.82, 2.24) is 0 Å². The van der Waals surface area contributed by atoms with E-state index in [1.807, 2.05) is 0 Å². The van der Waals surface area contributed by atoms with Crippen LogP contribution in [-0.2, 0) is 4.79 Å². The first kappa shape index (κ1) is 15.0. The van der Waals surface area contributed by atoms with Gasteiger partial charge in [0.2, 0.25) is 0 Å². The van der Waals surface area contributed by atoms with Crippen molar-refractivity contribution in [2.24, 2.45) is 0 Å². The Kier molecular flexibility index (Phi) is 5.60. The molecule has 0 amide bonds. The SMILES string of the molecule is C=CC[N+]1(C)C2CCCC1CC2.CC=CC(=O)[O-]. The molecule has 2 fully saturated rings. The fraction of sp³-hybridized carbons (Fsp3) is 0.667. The Labute approximate surface area is 110 Å². The first-order chi connectivity index (χ1) is 8.54. The summed E-state index contributed by atoms with van der Waals surface area (Å²) < 4.78 is 1.31. The number of piperidine rings is 1. The standard InChI is InChI=1S/C11H20N.C4H6O2/c1-3-9-12(2)10-5-4-6-11(12)8-7-10;1-2-3-4(5)6/h3,10-11H,1,4-9H2,2H3;2-3H,1H3,(H,5,6)/q+1;/p-1. The van der Waals surface area contributed by atoms with Crippen molar-refractivity contribution in [3.63, 3.8) is 0 Å². The van der Waals surface area contributed by atoms with E-state index in [1.165, 1.54) is 49.2 Å². The molecule has 3 heteroatoms. The summed E-state index contributed by atoms with van der Waals surface area (Å²) >= 11 is 0. The van der Waals surface area contributed by atoms with E-state index >= 15 is 0 Å². The molecule has 0 spiro atoms. The summed E-state index contributed by atoms with van der Waals surface area (Å²) in [6.07, 6.45) is 11.8. The molecule has 0 aromatic rings. The lowest BCUT2D eigenvalue weighted by molar-refractivity contribution is -0.943. The van der Waals surface area contributed by atoms with E-state index in [-0.39, 0.29) is 0 Å². The Hall–Kier alpha value is -1.09. The van der Waals surface area contributed by atoms with Crippen LogP contribution in [0.2, 0.25) is 0 Å². The lowest BCUT2D eigenvalue weighted by Crippen LogP contribution is -2.55. The smallest absolute Gasteiger partial charge is 0.0973 e. The number of carboxylic acids is 1. The van der Waals surface area contributed by atoms with Gasteiger partial charge >= 0.3 is 0 Å². The van der Waals surface area contributed by atoms with Crippen LogP contribution in [0.5, 0.6) is 0 Å². The maximum Gasteiger partial charge on any atom is 0.0973 e. The highest BCUT2D eigenvalue weighted by Gasteiger charge is 2.47. The van der Waals surface area contributed by atoms with Crippen molar-refractivity contribution in [1.29, 1.82) is 0 Å². The molecule has 18 heavy (non-hydrogen) atoms. The van der Waals surface area contributed by atoms with E-state index in [0.717, 1.165) is 18.2 Å². The van der Waals surface area contributed by atoms with Gasteiger partial charge in [-0.25, -0.2) is 0 Å². The third kappa shape index (κ3) is 3.45. The second kappa shape index (κ2) is 6.74. The molecule has 0 aromatic heterocycles. The minimum absolute atomic E-state index is 0.960. The van der Waals surface area contributed by atoms with Gasteiger partial charge in [0.15, 0.2) is 0 Å². The Morgan fingerprint density at radius 1 is 1.33 bits per heavy atom. The van der Waals surface area contributed by atoms with E-state index in [1.54, 1.807) is 6.92 Å². The number of fused-ring (bicyclic) bond motifs is 2. The quantitative estimate of drug-likeness (QED) is 0.435. The van der Waals surface area contributed by atoms with Gasteiger partial charge in [0, 0.05) is 12.8 Å². The number of carbonyl (C=O) groups excluding carboxylic acids is 1. The lowest BCUT2D eigenvalue weighted by atomic mass is 10.00. The number of hydrogen-bond acceptors (Lipinski definition) is 2. The van der Waals surface area contributed by atoms with Crippen molar-refractivity contribution in [3.8, 4) is 0 Å². The van der Waals surface area contributed by atoms with Gasteiger partial charge in [-0.3, -0.25) is 0 Å². The number of hydrogen-bond donors (Lipinski definition) is 0. The summed E-state index contributed by atoms with van der Waals surface area (Å²) in [6.45, 7) is 6.69. The highest BCUT2D eigenvalue weighted by Crippen LogP contribution is 2.40. The number of nitrogens with zero attached hydrogens (tertiary/aromatic N) is 1. The summed E-state index contributed by atoms with van der Waals surface area (Å²) in [5.41, 5.74) is 0. The molecule has 2 rings (SSSR count). The zero-order valence-electron chi connectivity index (χ0n) is 11.6. The number of carboxylic acid groups (broad SMARTS) is 1. The summed E-state index contributed by atoms with van der Waals surface area (Å²) in [7, 11) is 2.43. The summed E-state index contributed by atoms with van der Waals surface area (Å²) in [4.78, 5) is 9.40. The molecule has 0 N–H and O–H groups in total. The number of likely N-dealkylation sites (N-methyl/N-ethyl adjacent to an activating group) is 1. The maximum absolute atomic E-state index is 9.40. The summed E-state index contributed by atoms with van der Waals surface area (Å²) in [6, 6.07) is 1.92. The Morgan fingerprint density at radius 3 is 2.22 bits per heavy atom. The molecule has 0 radical (unpaired) electrons. The number of rotatable bonds is 3. The summed E-state index contributed by atoms with van der Waals surface area (Å²) in [5.74, 6) is -1.14. The maximum atomic E-state index is 9.40. The first-order valence-corrected chi connectivity index (χ1v) is 6.84. The molecule has 2 aliphatic heterocycles. The average molecular weight is 251 g/mol. The van der Waals surface area contributed by atoms with E-state index in [0.29, 0.717) is 0 Å². The van der Waals surface area contributed by atoms with Crippen LogP contribution >= 0.6 is 0 Å². The van der Waals surface area contributed by atoms with Gasteiger partial charge in [-0.05, 0) is 38.3 Å². The van der Waals surface area contributed by atoms with Gasteiger partial charge < -0.3 is 14.4 Å². The van der Waals surface area contributed by atoms with Crippen molar-refractivity contribution < 1.29 is 14.4 Å². The molecular formula is C15H25NO2. The van der Waals surface area contributed by atoms with Crippen LogP contribution < -0.4 is 5.11 Å². The molecular weight excluding hydrogens is 226 g/mol. The third-order valence-electron chi connectivity index (χ3n) is 4.40. The second-order valence-corrected chi connectivity index (χ2v) is 5.45. The fourth-order valence-electron chi connectivity index (χ4n) is 3.45. The van der Waals surface area contributed by atoms with E-state index in [9.17, 15) is 9.90 Å². The number of quaternary nitrogens is 1. The number of aliphatic carboxylic acids is 1. The molecule has 2 aliphatic rings. The zero-order valence-corrected chi connectivity index (χ0v) is 11.6. The van der Waals surface area contributed by atoms with Gasteiger partial charge in [-0.2, -0.15) is 0 Å². The van der Waals surface area contributed by atoms with Crippen LogP contribution in [0.3, 0.4) is 0 Å². The fourth-order valence-corrected chi connectivity index (χ4v) is 3.45. The number of allylic oxidation sites excluding steroid dienone is 1. The predicted octanol–water partition coefficient (Wildman–Crippen LogP) is 1.65. The molecule has 2 unspecified atom stereocenters. The molecule has 0 saturated carbocycles. The molecule has 102 valence electrons. The van der Waals surface area contributed by atoms with Crippen molar-refractivity contribution in [3.05, 3.63) is 24.8 Å². The van der Waals surface area contributed by atoms with E-state index < -0.39 is 5.97 Å². The minimum atomic E-state index is -1.14. The largest absolute Gasteiger partial charge is 0.545 e. The molecule has 3 nitrogen and oxygen atoms in total. The molecule has 2 saturated heterocycles. The monoisotopic (exact) mass is 251 g/mol. The molecule has 2 bridgehead atoms. The Balaban J connectivity index is 0.000000232. The van der Waals surface area contributed by atoms with Gasteiger partial charge in [0.25, 0.3) is 0 Å². The molecule has 2 atom stereocenters. The molecule has 2 heterocycles. The topological polar surface area (TPSA) is 40.1 Å². The highest BCUT2D eigenvalue weighted by molar-refractivity contribution is 5.77. The average Bonchev–Trinajstić information content (AvgIpc) is 2.52. The first-order valence-electron chi connectivity index (χ1n) is 6.84. The lowest BCUT2D eigenvalue weighted by Gasteiger charge is -2.44. The molecule has 0 aromatic carbocycles. The van der Waals surface area contributed by atoms with Gasteiger partial charge in [-0.15, -0.1) is 0 Å². The Bertz CT molecular complexity index is 306. The normalized spacial score (nSPS) is 33.9. The predicted molar refractivity (Wildman–Crippen MR) is 71.7 cm³/mol.